The number of nitrogens with one attached hydrogen (secondary N) is 1. The molecule has 1 atom stereocenters. The highest BCUT2D eigenvalue weighted by Crippen LogP contribution is 2.28. The van der Waals surface area contributed by atoms with Gasteiger partial charge in [-0.2, -0.15) is 0 Å². The van der Waals surface area contributed by atoms with E-state index in [1.807, 2.05) is 0 Å². The van der Waals surface area contributed by atoms with Crippen LogP contribution in [-0.2, 0) is 0 Å². The van der Waals surface area contributed by atoms with Gasteiger partial charge < -0.3 is 5.32 Å². The van der Waals surface area contributed by atoms with Crippen LogP contribution in [0.5, 0.6) is 0 Å². The Morgan fingerprint density at radius 1 is 0.833 bits per heavy atom. The van der Waals surface area contributed by atoms with Crippen LogP contribution in [0, 0.1) is 0 Å². The minimum Gasteiger partial charge on any atom is -0.311 e. The second-order valence-electron chi connectivity index (χ2n) is 6.24. The molecule has 18 heavy (non-hydrogen) atoms. The van der Waals surface area contributed by atoms with E-state index in [0.29, 0.717) is 5.54 Å². The Morgan fingerprint density at radius 3 is 2.28 bits per heavy atom. The fourth-order valence-electron chi connectivity index (χ4n) is 3.32. The third-order valence-electron chi connectivity index (χ3n) is 4.77. The van der Waals surface area contributed by atoms with Gasteiger partial charge in [0.25, 0.3) is 0 Å². The lowest BCUT2D eigenvalue weighted by Crippen LogP contribution is -2.43. The van der Waals surface area contributed by atoms with Crippen LogP contribution in [-0.4, -0.2) is 12.1 Å². The molecule has 0 aromatic rings. The van der Waals surface area contributed by atoms with Gasteiger partial charge in [-0.05, 0) is 32.2 Å². The van der Waals surface area contributed by atoms with E-state index >= 15 is 0 Å². The van der Waals surface area contributed by atoms with Crippen molar-refractivity contribution in [2.75, 3.05) is 6.54 Å². The quantitative estimate of drug-likeness (QED) is 0.540. The summed E-state index contributed by atoms with van der Waals surface area (Å²) in [6, 6.07) is 0. The van der Waals surface area contributed by atoms with E-state index in [2.05, 4.69) is 19.2 Å². The molecule has 1 heterocycles. The first-order valence-corrected chi connectivity index (χ1v) is 8.58. The summed E-state index contributed by atoms with van der Waals surface area (Å²) in [6.07, 6.45) is 18.5. The average molecular weight is 253 g/mol. The van der Waals surface area contributed by atoms with Crippen LogP contribution in [0.3, 0.4) is 0 Å². The maximum atomic E-state index is 3.86. The zero-order chi connectivity index (χ0) is 13.1. The first kappa shape index (κ1) is 16.0. The molecule has 1 aliphatic rings. The molecule has 1 rings (SSSR count). The smallest absolute Gasteiger partial charge is 0.0178 e. The summed E-state index contributed by atoms with van der Waals surface area (Å²) >= 11 is 0. The number of hydrogen-bond donors (Lipinski definition) is 1. The standard InChI is InChI=1S/C17H35N/c1-3-5-6-7-8-9-11-14-17(4-2)15-12-10-13-16-18-17/h18H,3-16H2,1-2H3. The predicted molar refractivity (Wildman–Crippen MR) is 82.1 cm³/mol. The van der Waals surface area contributed by atoms with Crippen LogP contribution in [0.4, 0.5) is 0 Å². The molecule has 0 aromatic heterocycles. The molecule has 0 radical (unpaired) electrons. The summed E-state index contributed by atoms with van der Waals surface area (Å²) in [5, 5.41) is 3.86. The van der Waals surface area contributed by atoms with Crippen molar-refractivity contribution in [2.45, 2.75) is 103 Å². The molecule has 1 fully saturated rings. The lowest BCUT2D eigenvalue weighted by Gasteiger charge is -2.33. The van der Waals surface area contributed by atoms with E-state index in [1.54, 1.807) is 0 Å². The highest BCUT2D eigenvalue weighted by molar-refractivity contribution is 4.88. The number of hydrogen-bond acceptors (Lipinski definition) is 1. The van der Waals surface area contributed by atoms with Gasteiger partial charge in [0.05, 0.1) is 0 Å². The summed E-state index contributed by atoms with van der Waals surface area (Å²) in [7, 11) is 0. The van der Waals surface area contributed by atoms with Crippen LogP contribution in [0.2, 0.25) is 0 Å². The van der Waals surface area contributed by atoms with Gasteiger partial charge in [-0.15, -0.1) is 0 Å². The lowest BCUT2D eigenvalue weighted by atomic mass is 9.85. The largest absolute Gasteiger partial charge is 0.311 e. The van der Waals surface area contributed by atoms with E-state index in [1.165, 1.54) is 90.0 Å². The Morgan fingerprint density at radius 2 is 1.56 bits per heavy atom. The molecule has 0 spiro atoms. The van der Waals surface area contributed by atoms with E-state index in [9.17, 15) is 0 Å². The van der Waals surface area contributed by atoms with Gasteiger partial charge in [-0.25, -0.2) is 0 Å². The monoisotopic (exact) mass is 253 g/mol. The first-order chi connectivity index (χ1) is 8.83. The van der Waals surface area contributed by atoms with Crippen molar-refractivity contribution in [1.82, 2.24) is 5.32 Å². The zero-order valence-electron chi connectivity index (χ0n) is 12.9. The SMILES string of the molecule is CCCCCCCCCC1(CC)CCCCCN1. The van der Waals surface area contributed by atoms with Crippen LogP contribution in [0.15, 0.2) is 0 Å². The van der Waals surface area contributed by atoms with Crippen molar-refractivity contribution in [3.05, 3.63) is 0 Å². The molecule has 1 heteroatoms. The fourth-order valence-corrected chi connectivity index (χ4v) is 3.32. The summed E-state index contributed by atoms with van der Waals surface area (Å²) in [5.74, 6) is 0. The highest BCUT2D eigenvalue weighted by Gasteiger charge is 2.27. The maximum Gasteiger partial charge on any atom is 0.0178 e. The third-order valence-corrected chi connectivity index (χ3v) is 4.77. The molecule has 1 saturated heterocycles. The van der Waals surface area contributed by atoms with Gasteiger partial charge in [-0.1, -0.05) is 71.6 Å². The predicted octanol–water partition coefficient (Wildman–Crippen LogP) is 5.44. The van der Waals surface area contributed by atoms with Crippen LogP contribution >= 0.6 is 0 Å². The molecule has 0 amide bonds. The van der Waals surface area contributed by atoms with Gasteiger partial charge in [0.1, 0.15) is 0 Å². The number of unbranched alkanes of at least 4 members (excludes halogenated alkanes) is 6. The molecule has 1 nitrogen and oxygen atoms in total. The summed E-state index contributed by atoms with van der Waals surface area (Å²) in [4.78, 5) is 0. The Balaban J connectivity index is 2.10. The maximum absolute atomic E-state index is 3.86. The Kier molecular flexibility index (Phi) is 8.75. The second kappa shape index (κ2) is 9.83. The minimum absolute atomic E-state index is 0.500. The Labute approximate surface area is 115 Å². The summed E-state index contributed by atoms with van der Waals surface area (Å²) < 4.78 is 0. The van der Waals surface area contributed by atoms with E-state index in [-0.39, 0.29) is 0 Å². The van der Waals surface area contributed by atoms with Crippen LogP contribution < -0.4 is 5.32 Å². The molecule has 108 valence electrons. The van der Waals surface area contributed by atoms with Crippen molar-refractivity contribution < 1.29 is 0 Å². The molecule has 0 bridgehead atoms. The van der Waals surface area contributed by atoms with Crippen molar-refractivity contribution >= 4 is 0 Å². The van der Waals surface area contributed by atoms with Crippen molar-refractivity contribution in [3.63, 3.8) is 0 Å². The first-order valence-electron chi connectivity index (χ1n) is 8.58. The highest BCUT2D eigenvalue weighted by atomic mass is 15.0. The van der Waals surface area contributed by atoms with Crippen LogP contribution in [0.1, 0.15) is 97.3 Å². The summed E-state index contributed by atoms with van der Waals surface area (Å²) in [5.41, 5.74) is 0.500. The molecule has 1 unspecified atom stereocenters. The number of rotatable bonds is 9. The van der Waals surface area contributed by atoms with Gasteiger partial charge in [0, 0.05) is 5.54 Å². The van der Waals surface area contributed by atoms with Gasteiger partial charge >= 0.3 is 0 Å². The third kappa shape index (κ3) is 6.22. The fraction of sp³-hybridized carbons (Fsp3) is 1.00. The molecule has 0 aromatic carbocycles. The lowest BCUT2D eigenvalue weighted by molar-refractivity contribution is 0.273. The van der Waals surface area contributed by atoms with Gasteiger partial charge in [0.15, 0.2) is 0 Å². The summed E-state index contributed by atoms with van der Waals surface area (Å²) in [6.45, 7) is 5.92. The van der Waals surface area contributed by atoms with Crippen molar-refractivity contribution in [2.24, 2.45) is 0 Å². The molecular formula is C17H35N. The molecule has 1 N–H and O–H groups in total. The molecule has 1 aliphatic heterocycles. The molecular weight excluding hydrogens is 218 g/mol. The topological polar surface area (TPSA) is 12.0 Å². The van der Waals surface area contributed by atoms with Crippen molar-refractivity contribution in [3.8, 4) is 0 Å². The average Bonchev–Trinajstić information content (AvgIpc) is 2.64. The Hall–Kier alpha value is -0.0400. The van der Waals surface area contributed by atoms with E-state index in [0.717, 1.165) is 0 Å². The second-order valence-corrected chi connectivity index (χ2v) is 6.24. The van der Waals surface area contributed by atoms with E-state index in [4.69, 9.17) is 0 Å². The minimum atomic E-state index is 0.500. The molecule has 0 saturated carbocycles. The Bertz CT molecular complexity index is 180. The van der Waals surface area contributed by atoms with E-state index < -0.39 is 0 Å². The van der Waals surface area contributed by atoms with Crippen LogP contribution in [0.25, 0.3) is 0 Å². The molecule has 0 aliphatic carbocycles. The van der Waals surface area contributed by atoms with Gasteiger partial charge in [0.2, 0.25) is 0 Å². The van der Waals surface area contributed by atoms with Crippen molar-refractivity contribution in [1.29, 1.82) is 0 Å². The normalized spacial score (nSPS) is 25.0. The zero-order valence-corrected chi connectivity index (χ0v) is 12.9. The van der Waals surface area contributed by atoms with Gasteiger partial charge in [-0.3, -0.25) is 0 Å².